The maximum Gasteiger partial charge on any atom is 0.418 e. The fourth-order valence-electron chi connectivity index (χ4n) is 2.84. The monoisotopic (exact) mass is 422 g/mol. The summed E-state index contributed by atoms with van der Waals surface area (Å²) < 4.78 is 51.0. The summed E-state index contributed by atoms with van der Waals surface area (Å²) in [5, 5.41) is 4.57. The van der Waals surface area contributed by atoms with E-state index in [1.807, 2.05) is 0 Å². The van der Waals surface area contributed by atoms with Crippen LogP contribution in [0.25, 0.3) is 0 Å². The van der Waals surface area contributed by atoms with Crippen molar-refractivity contribution in [2.75, 3.05) is 24.9 Å². The van der Waals surface area contributed by atoms with Crippen molar-refractivity contribution in [2.45, 2.75) is 19.5 Å². The summed E-state index contributed by atoms with van der Waals surface area (Å²) in [7, 11) is 2.83. The van der Waals surface area contributed by atoms with Crippen molar-refractivity contribution in [3.05, 3.63) is 59.7 Å². The van der Waals surface area contributed by atoms with Gasteiger partial charge in [-0.3, -0.25) is 9.59 Å². The maximum atomic E-state index is 13.5. The lowest BCUT2D eigenvalue weighted by atomic mass is 10.0. The van der Waals surface area contributed by atoms with Crippen LogP contribution >= 0.6 is 0 Å². The topological polar surface area (TPSA) is 76.7 Å². The molecular formula is C21H21F3N2O4. The van der Waals surface area contributed by atoms with Crippen LogP contribution in [-0.4, -0.2) is 26.0 Å². The Morgan fingerprint density at radius 3 is 2.33 bits per heavy atom. The van der Waals surface area contributed by atoms with E-state index >= 15 is 0 Å². The van der Waals surface area contributed by atoms with Gasteiger partial charge in [0.05, 0.1) is 25.5 Å². The van der Waals surface area contributed by atoms with E-state index in [-0.39, 0.29) is 17.0 Å². The van der Waals surface area contributed by atoms with Crippen molar-refractivity contribution in [1.82, 2.24) is 0 Å². The maximum absolute atomic E-state index is 13.5. The highest BCUT2D eigenvalue weighted by atomic mass is 19.4. The molecule has 0 aliphatic carbocycles. The lowest BCUT2D eigenvalue weighted by Gasteiger charge is -2.17. The Labute approximate surface area is 171 Å². The van der Waals surface area contributed by atoms with Crippen LogP contribution in [0, 0.1) is 0 Å². The SMILES string of the molecule is C=CCc1cc(C(=O)Nc2ccc(NC(C)=O)cc2C(F)(F)F)cc(OC)c1OC. The Morgan fingerprint density at radius 1 is 1.10 bits per heavy atom. The molecule has 0 spiro atoms. The number of benzene rings is 2. The van der Waals surface area contributed by atoms with Gasteiger partial charge in [-0.2, -0.15) is 13.2 Å². The van der Waals surface area contributed by atoms with Crippen LogP contribution in [0.3, 0.4) is 0 Å². The Bertz CT molecular complexity index is 971. The quantitative estimate of drug-likeness (QED) is 0.637. The van der Waals surface area contributed by atoms with Gasteiger partial charge in [-0.15, -0.1) is 6.58 Å². The fraction of sp³-hybridized carbons (Fsp3) is 0.238. The highest BCUT2D eigenvalue weighted by Crippen LogP contribution is 2.37. The minimum absolute atomic E-state index is 0.0350. The lowest BCUT2D eigenvalue weighted by Crippen LogP contribution is -2.18. The third-order valence-electron chi connectivity index (χ3n) is 4.08. The van der Waals surface area contributed by atoms with Crippen molar-refractivity contribution in [2.24, 2.45) is 0 Å². The first-order chi connectivity index (χ1) is 14.1. The molecule has 0 bridgehead atoms. The van der Waals surface area contributed by atoms with Gasteiger partial charge in [-0.05, 0) is 36.8 Å². The van der Waals surface area contributed by atoms with Gasteiger partial charge in [0.15, 0.2) is 11.5 Å². The van der Waals surface area contributed by atoms with Crippen LogP contribution in [0.15, 0.2) is 43.0 Å². The lowest BCUT2D eigenvalue weighted by molar-refractivity contribution is -0.137. The fourth-order valence-corrected chi connectivity index (χ4v) is 2.84. The van der Waals surface area contributed by atoms with Gasteiger partial charge < -0.3 is 20.1 Å². The molecule has 30 heavy (non-hydrogen) atoms. The number of anilines is 2. The molecule has 2 aromatic carbocycles. The van der Waals surface area contributed by atoms with Crippen molar-refractivity contribution in [3.8, 4) is 11.5 Å². The van der Waals surface area contributed by atoms with Crippen molar-refractivity contribution in [1.29, 1.82) is 0 Å². The molecule has 0 saturated heterocycles. The summed E-state index contributed by atoms with van der Waals surface area (Å²) in [5.74, 6) is -0.609. The molecule has 6 nitrogen and oxygen atoms in total. The zero-order valence-electron chi connectivity index (χ0n) is 16.6. The molecule has 9 heteroatoms. The number of methoxy groups -OCH3 is 2. The first-order valence-electron chi connectivity index (χ1n) is 8.76. The van der Waals surface area contributed by atoms with Crippen LogP contribution in [0.4, 0.5) is 24.5 Å². The van der Waals surface area contributed by atoms with Gasteiger partial charge in [0.2, 0.25) is 5.91 Å². The molecule has 0 radical (unpaired) electrons. The average Bonchev–Trinajstić information content (AvgIpc) is 2.67. The molecular weight excluding hydrogens is 401 g/mol. The first-order valence-corrected chi connectivity index (χ1v) is 8.76. The third kappa shape index (κ3) is 5.31. The van der Waals surface area contributed by atoms with E-state index < -0.39 is 29.2 Å². The number of rotatable bonds is 7. The molecule has 0 saturated carbocycles. The number of hydrogen-bond donors (Lipinski definition) is 2. The smallest absolute Gasteiger partial charge is 0.418 e. The number of alkyl halides is 3. The third-order valence-corrected chi connectivity index (χ3v) is 4.08. The standard InChI is InChI=1S/C21H21F3N2O4/c1-5-6-13-9-14(10-18(29-3)19(13)30-4)20(28)26-17-8-7-15(25-12(2)27)11-16(17)21(22,23)24/h5,7-11H,1,6H2,2-4H3,(H,25,27)(H,26,28). The number of ether oxygens (including phenoxy) is 2. The van der Waals surface area contributed by atoms with Gasteiger partial charge >= 0.3 is 6.18 Å². The van der Waals surface area contributed by atoms with E-state index in [2.05, 4.69) is 17.2 Å². The number of halogens is 3. The Morgan fingerprint density at radius 2 is 1.80 bits per heavy atom. The first kappa shape index (κ1) is 22.8. The van der Waals surface area contributed by atoms with E-state index in [0.717, 1.165) is 12.1 Å². The number of hydrogen-bond acceptors (Lipinski definition) is 4. The summed E-state index contributed by atoms with van der Waals surface area (Å²) in [5.41, 5.74) is -0.889. The molecule has 0 atom stereocenters. The van der Waals surface area contributed by atoms with E-state index in [9.17, 15) is 22.8 Å². The van der Waals surface area contributed by atoms with Crippen LogP contribution in [-0.2, 0) is 17.4 Å². The molecule has 160 valence electrons. The average molecular weight is 422 g/mol. The van der Waals surface area contributed by atoms with Crippen LogP contribution in [0.2, 0.25) is 0 Å². The number of carbonyl (C=O) groups excluding carboxylic acids is 2. The summed E-state index contributed by atoms with van der Waals surface area (Å²) >= 11 is 0. The molecule has 0 fully saturated rings. The van der Waals surface area contributed by atoms with Gasteiger partial charge in [-0.1, -0.05) is 6.08 Å². The summed E-state index contributed by atoms with van der Waals surface area (Å²) in [6.07, 6.45) is -2.79. The van der Waals surface area contributed by atoms with Gasteiger partial charge in [0.25, 0.3) is 5.91 Å². The van der Waals surface area contributed by atoms with Gasteiger partial charge in [0.1, 0.15) is 0 Å². The second-order valence-electron chi connectivity index (χ2n) is 6.26. The molecule has 0 heterocycles. The number of carbonyl (C=O) groups is 2. The highest BCUT2D eigenvalue weighted by molar-refractivity contribution is 6.05. The van der Waals surface area contributed by atoms with E-state index in [1.165, 1.54) is 39.3 Å². The Balaban J connectivity index is 2.45. The zero-order chi connectivity index (χ0) is 22.5. The van der Waals surface area contributed by atoms with Gasteiger partial charge in [0, 0.05) is 23.7 Å². The molecule has 2 amide bonds. The van der Waals surface area contributed by atoms with Crippen molar-refractivity contribution < 1.29 is 32.2 Å². The van der Waals surface area contributed by atoms with E-state index in [1.54, 1.807) is 6.08 Å². The predicted octanol–water partition coefficient (Wildman–Crippen LogP) is 4.66. The number of allylic oxidation sites excluding steroid dienone is 1. The summed E-state index contributed by atoms with van der Waals surface area (Å²) in [6.45, 7) is 4.83. The van der Waals surface area contributed by atoms with Crippen LogP contribution < -0.4 is 20.1 Å². The predicted molar refractivity (Wildman–Crippen MR) is 107 cm³/mol. The molecule has 0 aliphatic rings. The largest absolute Gasteiger partial charge is 0.493 e. The second-order valence-corrected chi connectivity index (χ2v) is 6.26. The summed E-state index contributed by atoms with van der Waals surface area (Å²) in [6, 6.07) is 5.98. The second kappa shape index (κ2) is 9.34. The number of amides is 2. The van der Waals surface area contributed by atoms with E-state index in [0.29, 0.717) is 17.7 Å². The minimum atomic E-state index is -4.75. The molecule has 0 aromatic heterocycles. The zero-order valence-corrected chi connectivity index (χ0v) is 16.6. The summed E-state index contributed by atoms with van der Waals surface area (Å²) in [4.78, 5) is 23.8. The molecule has 0 unspecified atom stereocenters. The van der Waals surface area contributed by atoms with Crippen molar-refractivity contribution in [3.63, 3.8) is 0 Å². The Hall–Kier alpha value is -3.49. The molecule has 0 aliphatic heterocycles. The van der Waals surface area contributed by atoms with Gasteiger partial charge in [-0.25, -0.2) is 0 Å². The van der Waals surface area contributed by atoms with E-state index in [4.69, 9.17) is 9.47 Å². The van der Waals surface area contributed by atoms with Crippen molar-refractivity contribution >= 4 is 23.2 Å². The van der Waals surface area contributed by atoms with Crippen LogP contribution in [0.1, 0.15) is 28.4 Å². The normalized spacial score (nSPS) is 10.9. The minimum Gasteiger partial charge on any atom is -0.493 e. The molecule has 2 N–H and O–H groups in total. The number of nitrogens with one attached hydrogen (secondary N) is 2. The van der Waals surface area contributed by atoms with Crippen LogP contribution in [0.5, 0.6) is 11.5 Å². The molecule has 2 rings (SSSR count). The Kier molecular flexibility index (Phi) is 7.10. The molecule has 2 aromatic rings. The highest BCUT2D eigenvalue weighted by Gasteiger charge is 2.34.